The lowest BCUT2D eigenvalue weighted by Crippen LogP contribution is -1.97. The van der Waals surface area contributed by atoms with Crippen molar-refractivity contribution >= 4 is 11.8 Å². The van der Waals surface area contributed by atoms with Crippen LogP contribution in [0.2, 0.25) is 0 Å². The number of benzene rings is 1. The Morgan fingerprint density at radius 3 is 2.58 bits per heavy atom. The van der Waals surface area contributed by atoms with Crippen molar-refractivity contribution in [2.24, 2.45) is 7.05 Å². The van der Waals surface area contributed by atoms with E-state index in [2.05, 4.69) is 20.4 Å². The Bertz CT molecular complexity index is 1020. The Morgan fingerprint density at radius 1 is 1.04 bits per heavy atom. The van der Waals surface area contributed by atoms with Crippen LogP contribution >= 0.6 is 11.8 Å². The summed E-state index contributed by atoms with van der Waals surface area (Å²) >= 11 is 1.52. The number of rotatable bonds is 5. The monoisotopic (exact) mass is 367 g/mol. The summed E-state index contributed by atoms with van der Waals surface area (Å²) in [5.41, 5.74) is 1.84. The number of hydrogen-bond donors (Lipinski definition) is 0. The molecule has 0 aliphatic carbocycles. The van der Waals surface area contributed by atoms with Gasteiger partial charge in [-0.15, -0.1) is 20.4 Å². The predicted octanol–water partition coefficient (Wildman–Crippen LogP) is 4.29. The number of aryl methyl sites for hydroxylation is 1. The van der Waals surface area contributed by atoms with E-state index in [4.69, 9.17) is 8.83 Å². The van der Waals surface area contributed by atoms with Gasteiger partial charge in [0.25, 0.3) is 0 Å². The molecule has 0 spiro atoms. The van der Waals surface area contributed by atoms with E-state index in [-0.39, 0.29) is 5.25 Å². The van der Waals surface area contributed by atoms with Gasteiger partial charge in [0.05, 0.1) is 17.1 Å². The Labute approximate surface area is 154 Å². The lowest BCUT2D eigenvalue weighted by atomic mass is 10.2. The number of hydrogen-bond acceptors (Lipinski definition) is 7. The summed E-state index contributed by atoms with van der Waals surface area (Å²) in [6, 6.07) is 11.6. The highest BCUT2D eigenvalue weighted by molar-refractivity contribution is 7.99. The second-order valence-corrected chi connectivity index (χ2v) is 7.14. The lowest BCUT2D eigenvalue weighted by molar-refractivity contribution is 0.508. The summed E-state index contributed by atoms with van der Waals surface area (Å²) in [6.07, 6.45) is 1.65. The van der Waals surface area contributed by atoms with Crippen molar-refractivity contribution in [1.82, 2.24) is 25.0 Å². The smallest absolute Gasteiger partial charge is 0.247 e. The van der Waals surface area contributed by atoms with Crippen molar-refractivity contribution in [3.63, 3.8) is 0 Å². The lowest BCUT2D eigenvalue weighted by Gasteiger charge is -2.06. The Morgan fingerprint density at radius 2 is 1.85 bits per heavy atom. The topological polar surface area (TPSA) is 82.8 Å². The molecule has 4 rings (SSSR count). The minimum Gasteiger partial charge on any atom is -0.469 e. The minimum absolute atomic E-state index is 0.0545. The molecule has 0 saturated carbocycles. The van der Waals surface area contributed by atoms with Gasteiger partial charge in [0, 0.05) is 12.6 Å². The number of thioether (sulfide) groups is 1. The van der Waals surface area contributed by atoms with Crippen LogP contribution in [0.15, 0.2) is 56.7 Å². The van der Waals surface area contributed by atoms with Gasteiger partial charge < -0.3 is 13.4 Å². The van der Waals surface area contributed by atoms with E-state index < -0.39 is 0 Å². The summed E-state index contributed by atoms with van der Waals surface area (Å²) in [5, 5.41) is 17.6. The standard InChI is InChI=1S/C18H17N5O2S/c1-11-14(9-10-24-11)15-19-22-18(23(15)3)26-12(2)16-20-21-17(25-16)13-7-5-4-6-8-13/h4-10,12H,1-3H3. The zero-order chi connectivity index (χ0) is 18.1. The first-order valence-corrected chi connectivity index (χ1v) is 9.01. The molecule has 1 aromatic carbocycles. The molecule has 1 atom stereocenters. The first-order chi connectivity index (χ1) is 12.6. The first-order valence-electron chi connectivity index (χ1n) is 8.13. The molecule has 0 N–H and O–H groups in total. The van der Waals surface area contributed by atoms with Gasteiger partial charge in [0.1, 0.15) is 5.76 Å². The molecule has 0 saturated heterocycles. The summed E-state index contributed by atoms with van der Waals surface area (Å²) in [5.74, 6) is 2.65. The molecule has 0 aliphatic rings. The summed E-state index contributed by atoms with van der Waals surface area (Å²) < 4.78 is 13.1. The third-order valence-electron chi connectivity index (χ3n) is 4.03. The molecule has 1 unspecified atom stereocenters. The number of nitrogens with zero attached hydrogens (tertiary/aromatic N) is 5. The summed E-state index contributed by atoms with van der Waals surface area (Å²) in [6.45, 7) is 3.91. The highest BCUT2D eigenvalue weighted by Crippen LogP contribution is 2.35. The van der Waals surface area contributed by atoms with Crippen LogP contribution in [-0.4, -0.2) is 25.0 Å². The van der Waals surface area contributed by atoms with E-state index in [0.717, 1.165) is 27.9 Å². The van der Waals surface area contributed by atoms with Crippen molar-refractivity contribution in [2.45, 2.75) is 24.3 Å². The molecule has 0 radical (unpaired) electrons. The molecule has 26 heavy (non-hydrogen) atoms. The van der Waals surface area contributed by atoms with Crippen LogP contribution in [-0.2, 0) is 7.05 Å². The molecule has 3 heterocycles. The average molecular weight is 367 g/mol. The van der Waals surface area contributed by atoms with Crippen LogP contribution in [0.1, 0.15) is 23.8 Å². The Hall–Kier alpha value is -2.87. The molecule has 8 heteroatoms. The van der Waals surface area contributed by atoms with Gasteiger partial charge in [-0.3, -0.25) is 0 Å². The van der Waals surface area contributed by atoms with Gasteiger partial charge in [-0.1, -0.05) is 30.0 Å². The highest BCUT2D eigenvalue weighted by atomic mass is 32.2. The van der Waals surface area contributed by atoms with Crippen molar-refractivity contribution < 1.29 is 8.83 Å². The van der Waals surface area contributed by atoms with Gasteiger partial charge in [-0.05, 0) is 32.0 Å². The second-order valence-electron chi connectivity index (χ2n) is 5.83. The molecule has 0 amide bonds. The zero-order valence-corrected chi connectivity index (χ0v) is 15.4. The predicted molar refractivity (Wildman–Crippen MR) is 97.4 cm³/mol. The van der Waals surface area contributed by atoms with E-state index >= 15 is 0 Å². The van der Waals surface area contributed by atoms with Crippen LogP contribution in [0.25, 0.3) is 22.8 Å². The maximum absolute atomic E-state index is 5.83. The number of aromatic nitrogens is 5. The van der Waals surface area contributed by atoms with E-state index in [0.29, 0.717) is 11.8 Å². The van der Waals surface area contributed by atoms with Crippen molar-refractivity contribution in [1.29, 1.82) is 0 Å². The largest absolute Gasteiger partial charge is 0.469 e. The molecule has 4 aromatic rings. The van der Waals surface area contributed by atoms with Crippen LogP contribution in [0.5, 0.6) is 0 Å². The van der Waals surface area contributed by atoms with E-state index in [1.54, 1.807) is 6.26 Å². The fraction of sp³-hybridized carbons (Fsp3) is 0.222. The van der Waals surface area contributed by atoms with E-state index in [1.807, 2.05) is 61.9 Å². The number of furan rings is 1. The average Bonchev–Trinajstić information content (AvgIpc) is 3.37. The first kappa shape index (κ1) is 16.6. The minimum atomic E-state index is -0.0545. The van der Waals surface area contributed by atoms with Gasteiger partial charge >= 0.3 is 0 Å². The van der Waals surface area contributed by atoms with Gasteiger partial charge in [-0.2, -0.15) is 0 Å². The molecular formula is C18H17N5O2S. The van der Waals surface area contributed by atoms with E-state index in [1.165, 1.54) is 11.8 Å². The van der Waals surface area contributed by atoms with Gasteiger partial charge in [0.2, 0.25) is 11.8 Å². The summed E-state index contributed by atoms with van der Waals surface area (Å²) in [7, 11) is 1.93. The maximum Gasteiger partial charge on any atom is 0.247 e. The van der Waals surface area contributed by atoms with Crippen LogP contribution in [0, 0.1) is 6.92 Å². The molecule has 0 bridgehead atoms. The normalized spacial score (nSPS) is 12.4. The SMILES string of the molecule is Cc1occc1-c1nnc(SC(C)c2nnc(-c3ccccc3)o2)n1C. The molecular weight excluding hydrogens is 350 g/mol. The highest BCUT2D eigenvalue weighted by Gasteiger charge is 2.21. The Kier molecular flexibility index (Phi) is 4.34. The fourth-order valence-corrected chi connectivity index (χ4v) is 3.42. The third kappa shape index (κ3) is 3.03. The molecule has 0 aliphatic heterocycles. The van der Waals surface area contributed by atoms with Gasteiger partial charge in [0.15, 0.2) is 11.0 Å². The summed E-state index contributed by atoms with van der Waals surface area (Å²) in [4.78, 5) is 0. The Balaban J connectivity index is 1.54. The molecule has 7 nitrogen and oxygen atoms in total. The third-order valence-corrected chi connectivity index (χ3v) is 5.15. The van der Waals surface area contributed by atoms with Crippen LogP contribution in [0.3, 0.4) is 0 Å². The second kappa shape index (κ2) is 6.80. The quantitative estimate of drug-likeness (QED) is 0.487. The fourth-order valence-electron chi connectivity index (χ4n) is 2.57. The van der Waals surface area contributed by atoms with Crippen molar-refractivity contribution in [3.05, 3.63) is 54.3 Å². The maximum atomic E-state index is 5.83. The van der Waals surface area contributed by atoms with E-state index in [9.17, 15) is 0 Å². The molecule has 132 valence electrons. The van der Waals surface area contributed by atoms with Crippen molar-refractivity contribution in [3.8, 4) is 22.8 Å². The van der Waals surface area contributed by atoms with Crippen molar-refractivity contribution in [2.75, 3.05) is 0 Å². The zero-order valence-electron chi connectivity index (χ0n) is 14.6. The van der Waals surface area contributed by atoms with Crippen LogP contribution in [0.4, 0.5) is 0 Å². The molecule has 0 fully saturated rings. The van der Waals surface area contributed by atoms with Crippen LogP contribution < -0.4 is 0 Å². The van der Waals surface area contributed by atoms with Gasteiger partial charge in [-0.25, -0.2) is 0 Å². The molecule has 3 aromatic heterocycles.